The molecule has 0 radical (unpaired) electrons. The van der Waals surface area contributed by atoms with Crippen LogP contribution in [0.3, 0.4) is 0 Å². The van der Waals surface area contributed by atoms with E-state index in [4.69, 9.17) is 9.47 Å². The van der Waals surface area contributed by atoms with Crippen LogP contribution < -0.4 is 19.1 Å². The van der Waals surface area contributed by atoms with Gasteiger partial charge in [0.25, 0.3) is 0 Å². The van der Waals surface area contributed by atoms with Crippen LogP contribution in [0.2, 0.25) is 0 Å². The number of para-hydroxylation sites is 2. The fourth-order valence-electron chi connectivity index (χ4n) is 3.45. The molecule has 0 aliphatic heterocycles. The third-order valence-electron chi connectivity index (χ3n) is 5.22. The second kappa shape index (κ2) is 12.4. The quantitative estimate of drug-likeness (QED) is 0.476. The summed E-state index contributed by atoms with van der Waals surface area (Å²) in [4.78, 5) is 27.8. The van der Waals surface area contributed by atoms with Crippen molar-refractivity contribution in [1.29, 1.82) is 0 Å². The highest BCUT2D eigenvalue weighted by Crippen LogP contribution is 2.30. The Bertz CT molecular complexity index is 1100. The van der Waals surface area contributed by atoms with E-state index in [9.17, 15) is 18.0 Å². The molecule has 2 aromatic carbocycles. The van der Waals surface area contributed by atoms with Crippen molar-refractivity contribution >= 4 is 27.5 Å². The van der Waals surface area contributed by atoms with Gasteiger partial charge >= 0.3 is 0 Å². The Morgan fingerprint density at radius 3 is 2.20 bits per heavy atom. The number of benzene rings is 2. The van der Waals surface area contributed by atoms with E-state index in [1.165, 1.54) is 4.90 Å². The molecule has 1 N–H and O–H groups in total. The maximum absolute atomic E-state index is 13.6. The highest BCUT2D eigenvalue weighted by molar-refractivity contribution is 7.92. The van der Waals surface area contributed by atoms with Gasteiger partial charge in [-0.3, -0.25) is 13.9 Å². The number of amides is 2. The Morgan fingerprint density at radius 2 is 1.66 bits per heavy atom. The number of methoxy groups -OCH3 is 1. The zero-order chi connectivity index (χ0) is 26.2. The predicted octanol–water partition coefficient (Wildman–Crippen LogP) is 2.80. The Balaban J connectivity index is 2.42. The van der Waals surface area contributed by atoms with Gasteiger partial charge in [0.05, 0.1) is 25.7 Å². The molecule has 35 heavy (non-hydrogen) atoms. The van der Waals surface area contributed by atoms with E-state index in [1.807, 2.05) is 13.8 Å². The number of nitrogens with zero attached hydrogens (tertiary/aromatic N) is 2. The van der Waals surface area contributed by atoms with Gasteiger partial charge in [-0.05, 0) is 57.5 Å². The molecule has 0 aliphatic rings. The molecule has 0 heterocycles. The first-order valence-electron chi connectivity index (χ1n) is 11.4. The molecule has 0 saturated carbocycles. The molecule has 2 rings (SSSR count). The van der Waals surface area contributed by atoms with Crippen molar-refractivity contribution < 1.29 is 27.5 Å². The summed E-state index contributed by atoms with van der Waals surface area (Å²) in [5.74, 6) is 0.153. The molecule has 0 aromatic heterocycles. The van der Waals surface area contributed by atoms with Gasteiger partial charge in [0.2, 0.25) is 21.8 Å². The van der Waals surface area contributed by atoms with Gasteiger partial charge in [-0.2, -0.15) is 0 Å². The lowest BCUT2D eigenvalue weighted by atomic mass is 10.1. The normalized spacial score (nSPS) is 12.1. The standard InChI is InChI=1S/C25H35N3O6S/c1-7-34-23-11-9-8-10-22(23)28(35(6,31)32)17-24(29)27(19(4)25(30)26-18(2)3)16-20-12-14-21(33-5)15-13-20/h8-15,18-19H,7,16-17H2,1-6H3,(H,26,30)/t19-/m1/s1. The van der Waals surface area contributed by atoms with Gasteiger partial charge < -0.3 is 19.7 Å². The van der Waals surface area contributed by atoms with Gasteiger partial charge in [-0.1, -0.05) is 24.3 Å². The number of carbonyl (C=O) groups is 2. The maximum atomic E-state index is 13.6. The molecule has 0 saturated heterocycles. The highest BCUT2D eigenvalue weighted by atomic mass is 32.2. The van der Waals surface area contributed by atoms with E-state index in [0.717, 1.165) is 16.1 Å². The molecule has 192 valence electrons. The maximum Gasteiger partial charge on any atom is 0.244 e. The van der Waals surface area contributed by atoms with Crippen LogP contribution in [0.1, 0.15) is 33.3 Å². The van der Waals surface area contributed by atoms with Crippen molar-refractivity contribution in [3.8, 4) is 11.5 Å². The Kier molecular flexibility index (Phi) is 9.94. The fraction of sp³-hybridized carbons (Fsp3) is 0.440. The van der Waals surface area contributed by atoms with Crippen LogP contribution in [0, 0.1) is 0 Å². The highest BCUT2D eigenvalue weighted by Gasteiger charge is 2.31. The lowest BCUT2D eigenvalue weighted by molar-refractivity contribution is -0.139. The van der Waals surface area contributed by atoms with Crippen molar-refractivity contribution in [2.24, 2.45) is 0 Å². The first-order valence-corrected chi connectivity index (χ1v) is 13.2. The fourth-order valence-corrected chi connectivity index (χ4v) is 4.30. The SMILES string of the molecule is CCOc1ccccc1N(CC(=O)N(Cc1ccc(OC)cc1)[C@H](C)C(=O)NC(C)C)S(C)(=O)=O. The zero-order valence-corrected chi connectivity index (χ0v) is 22.0. The molecule has 0 spiro atoms. The largest absolute Gasteiger partial charge is 0.497 e. The predicted molar refractivity (Wildman–Crippen MR) is 136 cm³/mol. The summed E-state index contributed by atoms with van der Waals surface area (Å²) in [7, 11) is -2.29. The summed E-state index contributed by atoms with van der Waals surface area (Å²) in [5.41, 5.74) is 1.03. The Labute approximate surface area is 208 Å². The molecule has 1 atom stereocenters. The lowest BCUT2D eigenvalue weighted by Crippen LogP contribution is -2.52. The van der Waals surface area contributed by atoms with Crippen LogP contribution in [0.4, 0.5) is 5.69 Å². The number of sulfonamides is 1. The summed E-state index contributed by atoms with van der Waals surface area (Å²) in [6, 6.07) is 12.8. The monoisotopic (exact) mass is 505 g/mol. The van der Waals surface area contributed by atoms with Crippen molar-refractivity contribution in [3.63, 3.8) is 0 Å². The summed E-state index contributed by atoms with van der Waals surface area (Å²) in [5, 5.41) is 2.82. The van der Waals surface area contributed by atoms with Crippen LogP contribution >= 0.6 is 0 Å². The molecule has 0 unspecified atom stereocenters. The average molecular weight is 506 g/mol. The van der Waals surface area contributed by atoms with Gasteiger partial charge in [0.1, 0.15) is 24.1 Å². The van der Waals surface area contributed by atoms with Crippen molar-refractivity contribution in [3.05, 3.63) is 54.1 Å². The van der Waals surface area contributed by atoms with Crippen LogP contribution in [0.25, 0.3) is 0 Å². The van der Waals surface area contributed by atoms with E-state index < -0.39 is 28.5 Å². The summed E-state index contributed by atoms with van der Waals surface area (Å²) < 4.78 is 37.3. The smallest absolute Gasteiger partial charge is 0.244 e. The average Bonchev–Trinajstić information content (AvgIpc) is 2.80. The minimum atomic E-state index is -3.85. The number of rotatable bonds is 12. The summed E-state index contributed by atoms with van der Waals surface area (Å²) >= 11 is 0. The molecular formula is C25H35N3O6S. The van der Waals surface area contributed by atoms with Crippen LogP contribution in [-0.4, -0.2) is 63.7 Å². The second-order valence-electron chi connectivity index (χ2n) is 8.38. The number of ether oxygens (including phenoxy) is 2. The molecule has 10 heteroatoms. The minimum absolute atomic E-state index is 0.111. The Hall–Kier alpha value is -3.27. The summed E-state index contributed by atoms with van der Waals surface area (Å²) in [6.45, 7) is 7.03. The third kappa shape index (κ3) is 7.88. The second-order valence-corrected chi connectivity index (χ2v) is 10.3. The van der Waals surface area contributed by atoms with Crippen LogP contribution in [-0.2, 0) is 26.2 Å². The first-order chi connectivity index (χ1) is 16.5. The van der Waals surface area contributed by atoms with E-state index >= 15 is 0 Å². The molecule has 0 fully saturated rings. The van der Waals surface area contributed by atoms with Crippen molar-refractivity contribution in [2.75, 3.05) is 30.8 Å². The minimum Gasteiger partial charge on any atom is -0.497 e. The molecule has 0 aliphatic carbocycles. The lowest BCUT2D eigenvalue weighted by Gasteiger charge is -2.32. The van der Waals surface area contributed by atoms with E-state index in [1.54, 1.807) is 69.5 Å². The van der Waals surface area contributed by atoms with Crippen LogP contribution in [0.15, 0.2) is 48.5 Å². The van der Waals surface area contributed by atoms with Gasteiger partial charge in [-0.15, -0.1) is 0 Å². The Morgan fingerprint density at radius 1 is 1.03 bits per heavy atom. The van der Waals surface area contributed by atoms with Gasteiger partial charge in [0.15, 0.2) is 0 Å². The number of anilines is 1. The number of hydrogen-bond acceptors (Lipinski definition) is 6. The van der Waals surface area contributed by atoms with Crippen LogP contribution in [0.5, 0.6) is 11.5 Å². The first kappa shape index (κ1) is 28.0. The van der Waals surface area contributed by atoms with E-state index in [-0.39, 0.29) is 24.2 Å². The zero-order valence-electron chi connectivity index (χ0n) is 21.1. The molecular weight excluding hydrogens is 470 g/mol. The molecule has 2 amide bonds. The summed E-state index contributed by atoms with van der Waals surface area (Å²) in [6.07, 6.45) is 1.03. The third-order valence-corrected chi connectivity index (χ3v) is 6.35. The molecule has 9 nitrogen and oxygen atoms in total. The van der Waals surface area contributed by atoms with Gasteiger partial charge in [0, 0.05) is 12.6 Å². The number of nitrogens with one attached hydrogen (secondary N) is 1. The van der Waals surface area contributed by atoms with Crippen molar-refractivity contribution in [1.82, 2.24) is 10.2 Å². The van der Waals surface area contributed by atoms with E-state index in [2.05, 4.69) is 5.32 Å². The topological polar surface area (TPSA) is 105 Å². The molecule has 2 aromatic rings. The van der Waals surface area contributed by atoms with E-state index in [0.29, 0.717) is 18.1 Å². The van der Waals surface area contributed by atoms with Gasteiger partial charge in [-0.25, -0.2) is 8.42 Å². The molecule has 0 bridgehead atoms. The van der Waals surface area contributed by atoms with Crippen molar-refractivity contribution in [2.45, 2.75) is 46.3 Å². The number of hydrogen-bond donors (Lipinski definition) is 1. The number of carbonyl (C=O) groups excluding carboxylic acids is 2.